The van der Waals surface area contributed by atoms with Crippen LogP contribution < -0.4 is 0 Å². The first-order valence-corrected chi connectivity index (χ1v) is 11.0. The number of alkyl halides is 1. The second-order valence-electron chi connectivity index (χ2n) is 6.62. The van der Waals surface area contributed by atoms with Gasteiger partial charge in [0.1, 0.15) is 0 Å². The molecule has 0 radical (unpaired) electrons. The van der Waals surface area contributed by atoms with Gasteiger partial charge in [-0.1, -0.05) is 61.0 Å². The molecule has 108 valence electrons. The van der Waals surface area contributed by atoms with Crippen molar-refractivity contribution in [3.8, 4) is 0 Å². The molecule has 0 amide bonds. The van der Waals surface area contributed by atoms with E-state index >= 15 is 0 Å². The van der Waals surface area contributed by atoms with Gasteiger partial charge in [-0.15, -0.1) is 0 Å². The van der Waals surface area contributed by atoms with Crippen molar-refractivity contribution in [3.05, 3.63) is 35.4 Å². The summed E-state index contributed by atoms with van der Waals surface area (Å²) in [6, 6.07) is 8.95. The molecule has 0 aromatic heterocycles. The fraction of sp³-hybridized carbons (Fsp3) is 0.625. The zero-order chi connectivity index (χ0) is 14.5. The summed E-state index contributed by atoms with van der Waals surface area (Å²) in [5.74, 6) is 0. The molecule has 0 aliphatic heterocycles. The average molecular weight is 343 g/mol. The van der Waals surface area contributed by atoms with Gasteiger partial charge < -0.3 is 4.43 Å². The monoisotopic (exact) mass is 342 g/mol. The van der Waals surface area contributed by atoms with Crippen LogP contribution in [0, 0.1) is 5.41 Å². The molecule has 0 saturated carbocycles. The van der Waals surface area contributed by atoms with Crippen molar-refractivity contribution in [1.29, 1.82) is 0 Å². The minimum atomic E-state index is -1.02. The minimum absolute atomic E-state index is 0.254. The number of aryl methyl sites for hydroxylation is 1. The lowest BCUT2D eigenvalue weighted by Gasteiger charge is -2.28. The first-order chi connectivity index (χ1) is 8.81. The first-order valence-electron chi connectivity index (χ1n) is 7.12. The van der Waals surface area contributed by atoms with E-state index in [0.717, 1.165) is 18.2 Å². The molecule has 0 bridgehead atoms. The third-order valence-corrected chi connectivity index (χ3v) is 4.24. The van der Waals surface area contributed by atoms with Crippen LogP contribution in [-0.2, 0) is 10.8 Å². The van der Waals surface area contributed by atoms with Gasteiger partial charge in [0, 0.05) is 5.33 Å². The molecule has 1 aromatic rings. The summed E-state index contributed by atoms with van der Waals surface area (Å²) in [6.07, 6.45) is 2.42. The predicted molar refractivity (Wildman–Crippen MR) is 90.7 cm³/mol. The standard InChI is InChI=1S/C16H27BrOSi/c1-16(2,3)12-15(18-19(4)5)14-8-6-13(7-9-14)10-11-17/h6-9,15,19H,10-12H2,1-5H3. The largest absolute Gasteiger partial charge is 0.414 e. The Morgan fingerprint density at radius 1 is 1.16 bits per heavy atom. The van der Waals surface area contributed by atoms with E-state index in [0.29, 0.717) is 5.41 Å². The molecular weight excluding hydrogens is 316 g/mol. The lowest BCUT2D eigenvalue weighted by Crippen LogP contribution is -2.19. The molecule has 0 heterocycles. The van der Waals surface area contributed by atoms with Crippen LogP contribution >= 0.6 is 15.9 Å². The summed E-state index contributed by atoms with van der Waals surface area (Å²) in [5.41, 5.74) is 3.01. The first kappa shape index (κ1) is 16.9. The number of hydrogen-bond donors (Lipinski definition) is 0. The van der Waals surface area contributed by atoms with Gasteiger partial charge in [-0.3, -0.25) is 0 Å². The van der Waals surface area contributed by atoms with Crippen molar-refractivity contribution in [2.75, 3.05) is 5.33 Å². The molecule has 1 atom stereocenters. The fourth-order valence-corrected chi connectivity index (χ4v) is 3.51. The highest BCUT2D eigenvalue weighted by molar-refractivity contribution is 9.09. The van der Waals surface area contributed by atoms with Crippen LogP contribution in [0.25, 0.3) is 0 Å². The van der Waals surface area contributed by atoms with Crippen molar-refractivity contribution in [3.63, 3.8) is 0 Å². The highest BCUT2D eigenvalue weighted by Crippen LogP contribution is 2.32. The van der Waals surface area contributed by atoms with Crippen LogP contribution in [0.1, 0.15) is 44.4 Å². The van der Waals surface area contributed by atoms with Gasteiger partial charge in [-0.05, 0) is 42.5 Å². The van der Waals surface area contributed by atoms with Gasteiger partial charge in [-0.2, -0.15) is 0 Å². The normalized spacial score (nSPS) is 13.8. The van der Waals surface area contributed by atoms with Crippen molar-refractivity contribution in [2.24, 2.45) is 5.41 Å². The van der Waals surface area contributed by atoms with Crippen LogP contribution in [-0.4, -0.2) is 14.4 Å². The van der Waals surface area contributed by atoms with Gasteiger partial charge in [0.15, 0.2) is 9.04 Å². The van der Waals surface area contributed by atoms with E-state index in [9.17, 15) is 0 Å². The highest BCUT2D eigenvalue weighted by atomic mass is 79.9. The molecule has 0 aliphatic carbocycles. The van der Waals surface area contributed by atoms with Gasteiger partial charge in [0.25, 0.3) is 0 Å². The van der Waals surface area contributed by atoms with Crippen LogP contribution in [0.2, 0.25) is 13.1 Å². The Kier molecular flexibility index (Phi) is 6.78. The number of rotatable bonds is 6. The Bertz CT molecular complexity index is 367. The van der Waals surface area contributed by atoms with Gasteiger partial charge in [-0.25, -0.2) is 0 Å². The Balaban J connectivity index is 2.84. The molecule has 1 rings (SSSR count). The molecule has 19 heavy (non-hydrogen) atoms. The smallest absolute Gasteiger partial charge is 0.171 e. The van der Waals surface area contributed by atoms with E-state index in [1.54, 1.807) is 0 Å². The molecule has 1 unspecified atom stereocenters. The van der Waals surface area contributed by atoms with E-state index in [-0.39, 0.29) is 6.10 Å². The number of hydrogen-bond acceptors (Lipinski definition) is 1. The molecule has 3 heteroatoms. The van der Waals surface area contributed by atoms with E-state index < -0.39 is 9.04 Å². The van der Waals surface area contributed by atoms with Crippen LogP contribution in [0.5, 0.6) is 0 Å². The molecule has 1 aromatic carbocycles. The van der Waals surface area contributed by atoms with Gasteiger partial charge in [0.05, 0.1) is 6.10 Å². The average Bonchev–Trinajstić information content (AvgIpc) is 2.27. The Morgan fingerprint density at radius 3 is 2.16 bits per heavy atom. The van der Waals surface area contributed by atoms with Crippen molar-refractivity contribution < 1.29 is 4.43 Å². The molecule has 0 fully saturated rings. The molecule has 0 aliphatic rings. The van der Waals surface area contributed by atoms with Crippen molar-refractivity contribution >= 4 is 25.0 Å². The van der Waals surface area contributed by atoms with E-state index in [1.165, 1.54) is 11.1 Å². The SMILES string of the molecule is C[SiH](C)OC(CC(C)(C)C)c1ccc(CCBr)cc1. The molecule has 0 saturated heterocycles. The molecule has 0 N–H and O–H groups in total. The van der Waals surface area contributed by atoms with E-state index in [4.69, 9.17) is 4.43 Å². The Hall–Kier alpha value is -0.123. The summed E-state index contributed by atoms with van der Waals surface area (Å²) in [5, 5.41) is 1.02. The molecule has 0 spiro atoms. The maximum atomic E-state index is 6.24. The summed E-state index contributed by atoms with van der Waals surface area (Å²) >= 11 is 3.49. The Labute approximate surface area is 128 Å². The Morgan fingerprint density at radius 2 is 1.74 bits per heavy atom. The van der Waals surface area contributed by atoms with Crippen molar-refractivity contribution in [1.82, 2.24) is 0 Å². The highest BCUT2D eigenvalue weighted by Gasteiger charge is 2.21. The third-order valence-electron chi connectivity index (χ3n) is 2.97. The fourth-order valence-electron chi connectivity index (χ4n) is 2.14. The van der Waals surface area contributed by atoms with Crippen LogP contribution in [0.4, 0.5) is 0 Å². The summed E-state index contributed by atoms with van der Waals surface area (Å²) < 4.78 is 6.24. The lowest BCUT2D eigenvalue weighted by atomic mass is 9.87. The number of halogens is 1. The quantitative estimate of drug-likeness (QED) is 0.516. The summed E-state index contributed by atoms with van der Waals surface area (Å²) in [4.78, 5) is 0. The summed E-state index contributed by atoms with van der Waals surface area (Å²) in [6.45, 7) is 11.3. The second kappa shape index (κ2) is 7.60. The van der Waals surface area contributed by atoms with Gasteiger partial charge >= 0.3 is 0 Å². The zero-order valence-corrected chi connectivity index (χ0v) is 15.6. The topological polar surface area (TPSA) is 9.23 Å². The minimum Gasteiger partial charge on any atom is -0.414 e. The zero-order valence-electron chi connectivity index (χ0n) is 12.9. The van der Waals surface area contributed by atoms with Gasteiger partial charge in [0.2, 0.25) is 0 Å². The van der Waals surface area contributed by atoms with Crippen LogP contribution in [0.15, 0.2) is 24.3 Å². The molecule has 1 nitrogen and oxygen atoms in total. The van der Waals surface area contributed by atoms with Crippen LogP contribution in [0.3, 0.4) is 0 Å². The third kappa shape index (κ3) is 6.73. The summed E-state index contributed by atoms with van der Waals surface area (Å²) in [7, 11) is -1.02. The maximum absolute atomic E-state index is 6.24. The van der Waals surface area contributed by atoms with E-state index in [1.807, 2.05) is 0 Å². The maximum Gasteiger partial charge on any atom is 0.171 e. The second-order valence-corrected chi connectivity index (χ2v) is 9.78. The molecular formula is C16H27BrOSi. The van der Waals surface area contributed by atoms with Crippen molar-refractivity contribution in [2.45, 2.75) is 52.8 Å². The lowest BCUT2D eigenvalue weighted by molar-refractivity contribution is 0.147. The predicted octanol–water partition coefficient (Wildman–Crippen LogP) is 5.10. The van der Waals surface area contributed by atoms with E-state index in [2.05, 4.69) is 74.1 Å². The number of benzene rings is 1.